The molecule has 0 saturated carbocycles. The summed E-state index contributed by atoms with van der Waals surface area (Å²) in [4.78, 5) is 14.3. The summed E-state index contributed by atoms with van der Waals surface area (Å²) in [5.41, 5.74) is 5.51. The number of morpholine rings is 1. The van der Waals surface area contributed by atoms with Gasteiger partial charge in [-0.2, -0.15) is 5.10 Å². The largest absolute Gasteiger partial charge is 0.382 e. The Labute approximate surface area is 118 Å². The zero-order valence-corrected chi connectivity index (χ0v) is 11.5. The number of amides is 1. The molecule has 110 valence electrons. The number of anilines is 1. The topological polar surface area (TPSA) is 85.4 Å². The van der Waals surface area contributed by atoms with Crippen molar-refractivity contribution in [2.24, 2.45) is 0 Å². The molecule has 2 fully saturated rings. The van der Waals surface area contributed by atoms with Gasteiger partial charge in [0.25, 0.3) is 0 Å². The van der Waals surface area contributed by atoms with Gasteiger partial charge in [0.05, 0.1) is 12.7 Å². The molecule has 1 aromatic rings. The molecule has 3 heterocycles. The van der Waals surface area contributed by atoms with E-state index < -0.39 is 0 Å². The van der Waals surface area contributed by atoms with Gasteiger partial charge >= 0.3 is 0 Å². The number of hydrogen-bond donors (Lipinski definition) is 2. The average Bonchev–Trinajstić information content (AvgIpc) is 3.04. The van der Waals surface area contributed by atoms with E-state index in [1.54, 1.807) is 12.3 Å². The van der Waals surface area contributed by atoms with E-state index in [0.29, 0.717) is 18.4 Å². The second kappa shape index (κ2) is 5.80. The van der Waals surface area contributed by atoms with Gasteiger partial charge in [-0.25, -0.2) is 0 Å². The Kier molecular flexibility index (Phi) is 3.88. The van der Waals surface area contributed by atoms with Crippen LogP contribution in [0.15, 0.2) is 12.3 Å². The number of fused-ring (bicyclic) bond motifs is 1. The molecule has 0 bridgehead atoms. The van der Waals surface area contributed by atoms with Crippen molar-refractivity contribution in [2.45, 2.75) is 31.5 Å². The minimum Gasteiger partial charge on any atom is -0.382 e. The second-order valence-electron chi connectivity index (χ2n) is 5.49. The van der Waals surface area contributed by atoms with Gasteiger partial charge in [-0.15, -0.1) is 0 Å². The fourth-order valence-corrected chi connectivity index (χ4v) is 2.91. The molecule has 20 heavy (non-hydrogen) atoms. The van der Waals surface area contributed by atoms with Crippen LogP contribution in [0.1, 0.15) is 12.8 Å². The summed E-state index contributed by atoms with van der Waals surface area (Å²) in [6.07, 6.45) is 4.28. The average molecular weight is 279 g/mol. The summed E-state index contributed by atoms with van der Waals surface area (Å²) in [5.74, 6) is 0.355. The van der Waals surface area contributed by atoms with Gasteiger partial charge < -0.3 is 15.8 Å². The Hall–Kier alpha value is -1.60. The fraction of sp³-hybridized carbons (Fsp3) is 0.692. The third-order valence-electron chi connectivity index (χ3n) is 3.96. The van der Waals surface area contributed by atoms with Crippen molar-refractivity contribution in [3.8, 4) is 0 Å². The van der Waals surface area contributed by atoms with Crippen LogP contribution < -0.4 is 11.1 Å². The lowest BCUT2D eigenvalue weighted by atomic mass is 10.2. The molecular formula is C13H21N5O2. The number of ether oxygens (including phenoxy) is 1. The zero-order valence-electron chi connectivity index (χ0n) is 11.5. The molecule has 0 spiro atoms. The van der Waals surface area contributed by atoms with Crippen molar-refractivity contribution in [1.29, 1.82) is 0 Å². The molecule has 1 aromatic heterocycles. The van der Waals surface area contributed by atoms with Crippen LogP contribution in [-0.4, -0.2) is 59.0 Å². The molecule has 7 nitrogen and oxygen atoms in total. The van der Waals surface area contributed by atoms with Crippen LogP contribution in [0.25, 0.3) is 0 Å². The number of nitrogen functional groups attached to an aromatic ring is 1. The third kappa shape index (κ3) is 3.10. The Morgan fingerprint density at radius 2 is 2.50 bits per heavy atom. The van der Waals surface area contributed by atoms with E-state index in [4.69, 9.17) is 10.5 Å². The van der Waals surface area contributed by atoms with Gasteiger partial charge in [0.1, 0.15) is 12.4 Å². The van der Waals surface area contributed by atoms with E-state index in [9.17, 15) is 4.79 Å². The number of nitrogens with two attached hydrogens (primary N) is 1. The summed E-state index contributed by atoms with van der Waals surface area (Å²) < 4.78 is 7.33. The first-order chi connectivity index (χ1) is 9.70. The predicted octanol–water partition coefficient (Wildman–Crippen LogP) is -0.555. The van der Waals surface area contributed by atoms with E-state index in [0.717, 1.165) is 19.7 Å². The van der Waals surface area contributed by atoms with Gasteiger partial charge in [-0.1, -0.05) is 0 Å². The smallest absolute Gasteiger partial charge is 0.241 e. The molecule has 2 aliphatic heterocycles. The van der Waals surface area contributed by atoms with Gasteiger partial charge in [0.15, 0.2) is 0 Å². The van der Waals surface area contributed by atoms with E-state index in [2.05, 4.69) is 15.3 Å². The van der Waals surface area contributed by atoms with Gasteiger partial charge in [-0.05, 0) is 25.5 Å². The molecule has 2 unspecified atom stereocenters. The summed E-state index contributed by atoms with van der Waals surface area (Å²) in [7, 11) is 0. The van der Waals surface area contributed by atoms with Crippen LogP contribution in [0.5, 0.6) is 0 Å². The molecular weight excluding hydrogens is 258 g/mol. The maximum atomic E-state index is 11.8. The SMILES string of the molecule is Nc1ccn(CC(=O)NCC2CN3CCCC3CO2)n1. The maximum absolute atomic E-state index is 11.8. The first-order valence-corrected chi connectivity index (χ1v) is 7.12. The first kappa shape index (κ1) is 13.4. The third-order valence-corrected chi connectivity index (χ3v) is 3.96. The number of nitrogens with one attached hydrogen (secondary N) is 1. The highest BCUT2D eigenvalue weighted by atomic mass is 16.5. The second-order valence-corrected chi connectivity index (χ2v) is 5.49. The van der Waals surface area contributed by atoms with Crippen molar-refractivity contribution in [3.63, 3.8) is 0 Å². The lowest BCUT2D eigenvalue weighted by Crippen LogP contribution is -2.50. The predicted molar refractivity (Wildman–Crippen MR) is 74.0 cm³/mol. The van der Waals surface area contributed by atoms with E-state index in [-0.39, 0.29) is 18.6 Å². The normalized spacial score (nSPS) is 26.4. The molecule has 7 heteroatoms. The number of hydrogen-bond acceptors (Lipinski definition) is 5. The van der Waals surface area contributed by atoms with E-state index in [1.807, 2.05) is 0 Å². The molecule has 0 aliphatic carbocycles. The Balaban J connectivity index is 1.41. The highest BCUT2D eigenvalue weighted by Crippen LogP contribution is 2.22. The molecule has 0 aromatic carbocycles. The Morgan fingerprint density at radius 3 is 3.30 bits per heavy atom. The van der Waals surface area contributed by atoms with Crippen LogP contribution >= 0.6 is 0 Å². The van der Waals surface area contributed by atoms with Crippen LogP contribution in [-0.2, 0) is 16.1 Å². The monoisotopic (exact) mass is 279 g/mol. The summed E-state index contributed by atoms with van der Waals surface area (Å²) in [6.45, 7) is 3.61. The first-order valence-electron chi connectivity index (χ1n) is 7.12. The Morgan fingerprint density at radius 1 is 1.60 bits per heavy atom. The summed E-state index contributed by atoms with van der Waals surface area (Å²) >= 11 is 0. The van der Waals surface area contributed by atoms with Crippen LogP contribution in [0.3, 0.4) is 0 Å². The van der Waals surface area contributed by atoms with Crippen molar-refractivity contribution in [3.05, 3.63) is 12.3 Å². The van der Waals surface area contributed by atoms with Crippen molar-refractivity contribution in [1.82, 2.24) is 20.0 Å². The van der Waals surface area contributed by atoms with Crippen LogP contribution in [0.2, 0.25) is 0 Å². The highest BCUT2D eigenvalue weighted by molar-refractivity contribution is 5.75. The maximum Gasteiger partial charge on any atom is 0.241 e. The molecule has 3 N–H and O–H groups in total. The number of rotatable bonds is 4. The van der Waals surface area contributed by atoms with E-state index >= 15 is 0 Å². The zero-order chi connectivity index (χ0) is 13.9. The molecule has 3 rings (SSSR count). The highest BCUT2D eigenvalue weighted by Gasteiger charge is 2.32. The number of carbonyl (C=O) groups excluding carboxylic acids is 1. The lowest BCUT2D eigenvalue weighted by Gasteiger charge is -2.35. The van der Waals surface area contributed by atoms with E-state index in [1.165, 1.54) is 17.5 Å². The Bertz CT molecular complexity index is 475. The van der Waals surface area contributed by atoms with Crippen molar-refractivity contribution in [2.75, 3.05) is 32.0 Å². The van der Waals surface area contributed by atoms with Gasteiger partial charge in [-0.3, -0.25) is 14.4 Å². The van der Waals surface area contributed by atoms with Crippen molar-refractivity contribution < 1.29 is 9.53 Å². The van der Waals surface area contributed by atoms with Crippen LogP contribution in [0, 0.1) is 0 Å². The minimum absolute atomic E-state index is 0.0692. The lowest BCUT2D eigenvalue weighted by molar-refractivity contribution is -0.123. The summed E-state index contributed by atoms with van der Waals surface area (Å²) in [6, 6.07) is 2.26. The quantitative estimate of drug-likeness (QED) is 0.772. The molecule has 2 aliphatic rings. The summed E-state index contributed by atoms with van der Waals surface area (Å²) in [5, 5.41) is 6.88. The minimum atomic E-state index is -0.0692. The number of carbonyl (C=O) groups is 1. The van der Waals surface area contributed by atoms with Gasteiger partial charge in [0.2, 0.25) is 5.91 Å². The number of nitrogens with zero attached hydrogens (tertiary/aromatic N) is 3. The molecule has 0 radical (unpaired) electrons. The van der Waals surface area contributed by atoms with Crippen molar-refractivity contribution >= 4 is 11.7 Å². The van der Waals surface area contributed by atoms with Gasteiger partial charge in [0, 0.05) is 25.3 Å². The van der Waals surface area contributed by atoms with Crippen LogP contribution in [0.4, 0.5) is 5.82 Å². The standard InChI is InChI=1S/C13H21N5O2/c14-12-3-5-18(16-12)8-13(19)15-6-11-7-17-4-1-2-10(17)9-20-11/h3,5,10-11H,1-2,4,6-9H2,(H2,14,16)(H,15,19). The fourth-order valence-electron chi connectivity index (χ4n) is 2.91. The molecule has 2 atom stereocenters. The number of aromatic nitrogens is 2. The molecule has 1 amide bonds. The molecule has 2 saturated heterocycles.